The molecule has 2 heterocycles. The molecule has 0 atom stereocenters. The molecule has 0 aliphatic carbocycles. The number of hydrogen-bond acceptors (Lipinski definition) is 7. The number of carbonyl (C=O) groups is 2. The van der Waals surface area contributed by atoms with Crippen molar-refractivity contribution in [1.82, 2.24) is 19.0 Å². The summed E-state index contributed by atoms with van der Waals surface area (Å²) in [5, 5.41) is 5.44. The molecular weight excluding hydrogens is 414 g/mol. The molecule has 2 N–H and O–H groups in total. The first-order valence-corrected chi connectivity index (χ1v) is 10.3. The summed E-state index contributed by atoms with van der Waals surface area (Å²) in [6.07, 6.45) is 2.45. The molecule has 0 saturated heterocycles. The number of nitrogens with one attached hydrogen (secondary N) is 2. The van der Waals surface area contributed by atoms with Gasteiger partial charge < -0.3 is 15.4 Å². The van der Waals surface area contributed by atoms with Gasteiger partial charge in [-0.25, -0.2) is 0 Å². The number of rotatable bonds is 7. The molecule has 31 heavy (non-hydrogen) atoms. The molecule has 0 fully saturated rings. The summed E-state index contributed by atoms with van der Waals surface area (Å²) in [6, 6.07) is 16.3. The molecule has 2 amide bonds. The molecule has 2 aromatic carbocycles. The minimum Gasteiger partial charge on any atom is -0.457 e. The summed E-state index contributed by atoms with van der Waals surface area (Å²) in [5.41, 5.74) is 3.45. The van der Waals surface area contributed by atoms with E-state index in [1.807, 2.05) is 42.5 Å². The van der Waals surface area contributed by atoms with E-state index in [1.54, 1.807) is 19.2 Å². The van der Waals surface area contributed by atoms with Crippen LogP contribution in [0.2, 0.25) is 0 Å². The molecule has 8 nitrogen and oxygen atoms in total. The Morgan fingerprint density at radius 2 is 1.87 bits per heavy atom. The van der Waals surface area contributed by atoms with Crippen LogP contribution in [0.1, 0.15) is 22.5 Å². The molecule has 0 aliphatic rings. The molecular formula is C22H19N5O3S. The van der Waals surface area contributed by atoms with Crippen molar-refractivity contribution in [1.29, 1.82) is 0 Å². The highest BCUT2D eigenvalue weighted by atomic mass is 32.1. The molecule has 0 aliphatic heterocycles. The van der Waals surface area contributed by atoms with Crippen LogP contribution in [0.5, 0.6) is 11.5 Å². The number of ether oxygens (including phenoxy) is 1. The van der Waals surface area contributed by atoms with Crippen molar-refractivity contribution in [3.05, 3.63) is 72.1 Å². The second kappa shape index (κ2) is 9.31. The third-order valence-electron chi connectivity index (χ3n) is 4.55. The Morgan fingerprint density at radius 1 is 1.03 bits per heavy atom. The van der Waals surface area contributed by atoms with Gasteiger partial charge in [0.1, 0.15) is 28.2 Å². The Labute approximate surface area is 182 Å². The summed E-state index contributed by atoms with van der Waals surface area (Å²) in [7, 11) is 1.55. The van der Waals surface area contributed by atoms with Gasteiger partial charge in [0.25, 0.3) is 5.91 Å². The lowest BCUT2D eigenvalue weighted by molar-refractivity contribution is -0.116. The fourth-order valence-corrected chi connectivity index (χ4v) is 3.51. The summed E-state index contributed by atoms with van der Waals surface area (Å²) < 4.78 is 14.2. The van der Waals surface area contributed by atoms with E-state index in [2.05, 4.69) is 24.4 Å². The average molecular weight is 433 g/mol. The number of anilines is 1. The number of carbonyl (C=O) groups excluding carboxylic acids is 2. The van der Waals surface area contributed by atoms with Crippen LogP contribution in [0.4, 0.5) is 5.69 Å². The average Bonchev–Trinajstić information content (AvgIpc) is 3.28. The number of aromatic nitrogens is 3. The fourth-order valence-electron chi connectivity index (χ4n) is 2.96. The van der Waals surface area contributed by atoms with E-state index in [0.717, 1.165) is 22.8 Å². The van der Waals surface area contributed by atoms with Crippen LogP contribution in [-0.4, -0.2) is 32.6 Å². The monoisotopic (exact) mass is 433 g/mol. The lowest BCUT2D eigenvalue weighted by Gasteiger charge is -2.08. The van der Waals surface area contributed by atoms with Crippen molar-refractivity contribution in [2.75, 3.05) is 12.4 Å². The Morgan fingerprint density at radius 3 is 2.68 bits per heavy atom. The van der Waals surface area contributed by atoms with E-state index in [-0.39, 0.29) is 17.5 Å². The van der Waals surface area contributed by atoms with Gasteiger partial charge in [0.2, 0.25) is 5.91 Å². The number of nitrogens with zero attached hydrogens (tertiary/aromatic N) is 3. The van der Waals surface area contributed by atoms with Gasteiger partial charge in [-0.1, -0.05) is 18.2 Å². The molecule has 2 aromatic heterocycles. The van der Waals surface area contributed by atoms with Crippen molar-refractivity contribution in [2.24, 2.45) is 0 Å². The maximum absolute atomic E-state index is 12.4. The van der Waals surface area contributed by atoms with Gasteiger partial charge in [-0.05, 0) is 42.3 Å². The first-order chi connectivity index (χ1) is 15.1. The van der Waals surface area contributed by atoms with Crippen LogP contribution in [-0.2, 0) is 11.2 Å². The van der Waals surface area contributed by atoms with E-state index in [0.29, 0.717) is 35.5 Å². The second-order valence-corrected chi connectivity index (χ2v) is 7.22. The van der Waals surface area contributed by atoms with Gasteiger partial charge in [0, 0.05) is 25.7 Å². The predicted molar refractivity (Wildman–Crippen MR) is 119 cm³/mol. The number of fused-ring (bicyclic) bond motifs is 1. The van der Waals surface area contributed by atoms with Gasteiger partial charge in [-0.2, -0.15) is 8.75 Å². The minimum atomic E-state index is -0.277. The largest absolute Gasteiger partial charge is 0.457 e. The molecule has 0 spiro atoms. The number of pyridine rings is 1. The maximum Gasteiger partial charge on any atom is 0.269 e. The molecule has 0 unspecified atom stereocenters. The zero-order valence-corrected chi connectivity index (χ0v) is 17.5. The second-order valence-electron chi connectivity index (χ2n) is 6.69. The van der Waals surface area contributed by atoms with E-state index < -0.39 is 0 Å². The Hall–Kier alpha value is -3.85. The standard InChI is InChI=1S/C22H19N5O3S/c1-23-22(29)19-13-16(11-12-24-19)30-15-8-5-14(6-9-15)7-10-20(28)25-17-3-2-4-18-21(17)27-31-26-18/h2-6,8-9,11-13H,7,10H2,1H3,(H,23,29)(H,25,28). The van der Waals surface area contributed by atoms with Crippen molar-refractivity contribution in [2.45, 2.75) is 12.8 Å². The fraction of sp³-hybridized carbons (Fsp3) is 0.136. The van der Waals surface area contributed by atoms with Crippen LogP contribution in [0.15, 0.2) is 60.8 Å². The van der Waals surface area contributed by atoms with Gasteiger partial charge in [0.05, 0.1) is 17.4 Å². The zero-order valence-electron chi connectivity index (χ0n) is 16.7. The van der Waals surface area contributed by atoms with E-state index in [1.165, 1.54) is 6.20 Å². The molecule has 0 saturated carbocycles. The van der Waals surface area contributed by atoms with Gasteiger partial charge >= 0.3 is 0 Å². The highest BCUT2D eigenvalue weighted by molar-refractivity contribution is 7.00. The highest BCUT2D eigenvalue weighted by Gasteiger charge is 2.10. The first kappa shape index (κ1) is 20.4. The summed E-state index contributed by atoms with van der Waals surface area (Å²) >= 11 is 1.12. The molecule has 0 radical (unpaired) electrons. The van der Waals surface area contributed by atoms with Gasteiger partial charge in [0.15, 0.2) is 0 Å². The summed E-state index contributed by atoms with van der Waals surface area (Å²) in [4.78, 5) is 28.1. The van der Waals surface area contributed by atoms with Crippen LogP contribution < -0.4 is 15.4 Å². The van der Waals surface area contributed by atoms with Crippen molar-refractivity contribution in [3.63, 3.8) is 0 Å². The summed E-state index contributed by atoms with van der Waals surface area (Å²) in [5.74, 6) is 0.789. The Balaban J connectivity index is 1.33. The molecule has 9 heteroatoms. The molecule has 0 bridgehead atoms. The smallest absolute Gasteiger partial charge is 0.269 e. The molecule has 156 valence electrons. The van der Waals surface area contributed by atoms with E-state index >= 15 is 0 Å². The topological polar surface area (TPSA) is 106 Å². The lowest BCUT2D eigenvalue weighted by Crippen LogP contribution is -2.18. The van der Waals surface area contributed by atoms with Crippen LogP contribution in [0, 0.1) is 0 Å². The number of hydrogen-bond donors (Lipinski definition) is 2. The quantitative estimate of drug-likeness (QED) is 0.459. The van der Waals surface area contributed by atoms with Crippen LogP contribution in [0.3, 0.4) is 0 Å². The first-order valence-electron chi connectivity index (χ1n) is 9.58. The Kier molecular flexibility index (Phi) is 6.13. The van der Waals surface area contributed by atoms with Crippen molar-refractivity contribution < 1.29 is 14.3 Å². The van der Waals surface area contributed by atoms with Gasteiger partial charge in [-0.15, -0.1) is 0 Å². The SMILES string of the molecule is CNC(=O)c1cc(Oc2ccc(CCC(=O)Nc3cccc4nsnc34)cc2)ccn1. The molecule has 4 rings (SSSR count). The van der Waals surface area contributed by atoms with Gasteiger partial charge in [-0.3, -0.25) is 14.6 Å². The third-order valence-corrected chi connectivity index (χ3v) is 5.09. The summed E-state index contributed by atoms with van der Waals surface area (Å²) in [6.45, 7) is 0. The number of aryl methyl sites for hydroxylation is 1. The third kappa shape index (κ3) is 5.01. The maximum atomic E-state index is 12.4. The van der Waals surface area contributed by atoms with E-state index in [9.17, 15) is 9.59 Å². The predicted octanol–water partition coefficient (Wildman–Crippen LogP) is 3.81. The van der Waals surface area contributed by atoms with Crippen molar-refractivity contribution in [3.8, 4) is 11.5 Å². The number of benzene rings is 2. The lowest BCUT2D eigenvalue weighted by atomic mass is 10.1. The minimum absolute atomic E-state index is 0.0839. The molecule has 4 aromatic rings. The zero-order chi connectivity index (χ0) is 21.6. The van der Waals surface area contributed by atoms with Crippen LogP contribution in [0.25, 0.3) is 11.0 Å². The number of amides is 2. The normalized spacial score (nSPS) is 10.6. The van der Waals surface area contributed by atoms with Crippen molar-refractivity contribution >= 4 is 40.3 Å². The Bertz CT molecular complexity index is 1220. The highest BCUT2D eigenvalue weighted by Crippen LogP contribution is 2.23. The van der Waals surface area contributed by atoms with Crippen LogP contribution >= 0.6 is 11.7 Å². The van der Waals surface area contributed by atoms with E-state index in [4.69, 9.17) is 4.74 Å².